The lowest BCUT2D eigenvalue weighted by Gasteiger charge is -2.15. The third-order valence-electron chi connectivity index (χ3n) is 4.06. The second-order valence-corrected chi connectivity index (χ2v) is 9.06. The monoisotopic (exact) mass is 454 g/mol. The molecule has 0 atom stereocenters. The second-order valence-electron chi connectivity index (χ2n) is 6.53. The average molecular weight is 455 g/mol. The number of aryl methyl sites for hydroxylation is 1. The van der Waals surface area contributed by atoms with Crippen LogP contribution in [0.2, 0.25) is 5.02 Å². The largest absolute Gasteiger partial charge is 0.482 e. The Labute approximate surface area is 180 Å². The molecule has 30 heavy (non-hydrogen) atoms. The van der Waals surface area contributed by atoms with Gasteiger partial charge < -0.3 is 14.8 Å². The number of nitrogens with one attached hydrogen (secondary N) is 1. The van der Waals surface area contributed by atoms with E-state index < -0.39 is 28.5 Å². The van der Waals surface area contributed by atoms with Crippen LogP contribution in [0.15, 0.2) is 47.4 Å². The van der Waals surface area contributed by atoms with Crippen molar-refractivity contribution in [3.8, 4) is 5.75 Å². The van der Waals surface area contributed by atoms with E-state index >= 15 is 0 Å². The third kappa shape index (κ3) is 6.45. The SMILES string of the molecule is Cc1cc(OCC(=O)OCC(=O)NCc2ccccc2S(=O)(=O)N(C)C)ccc1Cl. The quantitative estimate of drug-likeness (QED) is 0.582. The third-order valence-corrected chi connectivity index (χ3v) is 6.40. The first-order valence-corrected chi connectivity index (χ1v) is 10.7. The number of sulfonamides is 1. The molecule has 0 fully saturated rings. The van der Waals surface area contributed by atoms with Gasteiger partial charge in [-0.3, -0.25) is 4.79 Å². The molecule has 0 spiro atoms. The fourth-order valence-corrected chi connectivity index (χ4v) is 3.61. The predicted octanol–water partition coefficient (Wildman–Crippen LogP) is 2.14. The topological polar surface area (TPSA) is 102 Å². The zero-order chi connectivity index (χ0) is 22.3. The number of carbonyl (C=O) groups is 2. The highest BCUT2D eigenvalue weighted by atomic mass is 35.5. The van der Waals surface area contributed by atoms with Crippen molar-refractivity contribution in [3.63, 3.8) is 0 Å². The van der Waals surface area contributed by atoms with Crippen LogP contribution in [0, 0.1) is 6.92 Å². The van der Waals surface area contributed by atoms with E-state index in [0.29, 0.717) is 16.3 Å². The fraction of sp³-hybridized carbons (Fsp3) is 0.300. The molecule has 162 valence electrons. The van der Waals surface area contributed by atoms with Crippen molar-refractivity contribution in [2.24, 2.45) is 0 Å². The zero-order valence-corrected chi connectivity index (χ0v) is 18.4. The van der Waals surface area contributed by atoms with Crippen LogP contribution in [-0.4, -0.2) is 51.9 Å². The molecule has 0 unspecified atom stereocenters. The van der Waals surface area contributed by atoms with Gasteiger partial charge in [0.25, 0.3) is 5.91 Å². The molecule has 2 rings (SSSR count). The highest BCUT2D eigenvalue weighted by Gasteiger charge is 2.21. The Balaban J connectivity index is 1.83. The van der Waals surface area contributed by atoms with Crippen molar-refractivity contribution >= 4 is 33.5 Å². The van der Waals surface area contributed by atoms with Crippen LogP contribution in [0.4, 0.5) is 0 Å². The Bertz CT molecular complexity index is 1020. The maximum atomic E-state index is 12.4. The summed E-state index contributed by atoms with van der Waals surface area (Å²) in [5.74, 6) is -0.826. The summed E-state index contributed by atoms with van der Waals surface area (Å²) in [5.41, 5.74) is 1.23. The second kappa shape index (κ2) is 10.4. The van der Waals surface area contributed by atoms with Crippen molar-refractivity contribution in [1.29, 1.82) is 0 Å². The molecule has 0 saturated carbocycles. The molecule has 2 aromatic carbocycles. The molecule has 0 aliphatic carbocycles. The number of hydrogen-bond acceptors (Lipinski definition) is 6. The van der Waals surface area contributed by atoms with Gasteiger partial charge in [-0.2, -0.15) is 0 Å². The summed E-state index contributed by atoms with van der Waals surface area (Å²) in [5, 5.41) is 3.12. The van der Waals surface area contributed by atoms with Crippen molar-refractivity contribution in [2.75, 3.05) is 27.3 Å². The van der Waals surface area contributed by atoms with Crippen LogP contribution >= 0.6 is 11.6 Å². The van der Waals surface area contributed by atoms with Gasteiger partial charge in [-0.1, -0.05) is 29.8 Å². The predicted molar refractivity (Wildman–Crippen MR) is 112 cm³/mol. The van der Waals surface area contributed by atoms with E-state index in [2.05, 4.69) is 5.32 Å². The standard InChI is InChI=1S/C20H23ClN2O6S/c1-14-10-16(8-9-17(14)21)28-13-20(25)29-12-19(24)22-11-15-6-4-5-7-18(15)30(26,27)23(2)3/h4-10H,11-13H2,1-3H3,(H,22,24). The van der Waals surface area contributed by atoms with Gasteiger partial charge in [-0.05, 0) is 42.3 Å². The highest BCUT2D eigenvalue weighted by Crippen LogP contribution is 2.21. The van der Waals surface area contributed by atoms with E-state index in [1.807, 2.05) is 0 Å². The van der Waals surface area contributed by atoms with Crippen LogP contribution in [0.5, 0.6) is 5.75 Å². The number of rotatable bonds is 9. The first kappa shape index (κ1) is 23.7. The maximum Gasteiger partial charge on any atom is 0.344 e. The van der Waals surface area contributed by atoms with Gasteiger partial charge in [-0.25, -0.2) is 17.5 Å². The highest BCUT2D eigenvalue weighted by molar-refractivity contribution is 7.89. The number of halogens is 1. The van der Waals surface area contributed by atoms with E-state index in [9.17, 15) is 18.0 Å². The summed E-state index contributed by atoms with van der Waals surface area (Å²) in [6, 6.07) is 11.3. The van der Waals surface area contributed by atoms with Gasteiger partial charge in [0.1, 0.15) is 5.75 Å². The number of hydrogen-bond donors (Lipinski definition) is 1. The number of amides is 1. The lowest BCUT2D eigenvalue weighted by Crippen LogP contribution is -2.30. The van der Waals surface area contributed by atoms with Gasteiger partial charge in [0.2, 0.25) is 10.0 Å². The molecule has 0 bridgehead atoms. The summed E-state index contributed by atoms with van der Waals surface area (Å²) in [6.45, 7) is 0.905. The van der Waals surface area contributed by atoms with Crippen molar-refractivity contribution in [3.05, 3.63) is 58.6 Å². The van der Waals surface area contributed by atoms with E-state index in [1.165, 1.54) is 20.2 Å². The molecule has 1 amide bonds. The summed E-state index contributed by atoms with van der Waals surface area (Å²) in [6.07, 6.45) is 0. The molecule has 1 N–H and O–H groups in total. The summed E-state index contributed by atoms with van der Waals surface area (Å²) < 4.78 is 36.0. The number of ether oxygens (including phenoxy) is 2. The Hall–Kier alpha value is -2.62. The molecule has 2 aromatic rings. The summed E-state index contributed by atoms with van der Waals surface area (Å²) >= 11 is 5.92. The van der Waals surface area contributed by atoms with E-state index in [1.54, 1.807) is 43.3 Å². The van der Waals surface area contributed by atoms with E-state index in [4.69, 9.17) is 21.1 Å². The van der Waals surface area contributed by atoms with Crippen LogP contribution in [-0.2, 0) is 30.9 Å². The number of benzene rings is 2. The molecule has 0 aliphatic rings. The van der Waals surface area contributed by atoms with Crippen molar-refractivity contribution < 1.29 is 27.5 Å². The molecule has 0 aliphatic heterocycles. The van der Waals surface area contributed by atoms with Crippen LogP contribution in [0.25, 0.3) is 0 Å². The van der Waals surface area contributed by atoms with Crippen LogP contribution < -0.4 is 10.1 Å². The molecular weight excluding hydrogens is 432 g/mol. The number of nitrogens with zero attached hydrogens (tertiary/aromatic N) is 1. The fourth-order valence-electron chi connectivity index (χ4n) is 2.38. The van der Waals surface area contributed by atoms with E-state index in [0.717, 1.165) is 9.87 Å². The minimum atomic E-state index is -3.65. The summed E-state index contributed by atoms with van der Waals surface area (Å²) in [4.78, 5) is 23.8. The van der Waals surface area contributed by atoms with Gasteiger partial charge in [0, 0.05) is 25.7 Å². The Morgan fingerprint density at radius 3 is 2.47 bits per heavy atom. The normalized spacial score (nSPS) is 11.2. The van der Waals surface area contributed by atoms with Gasteiger partial charge >= 0.3 is 5.97 Å². The zero-order valence-electron chi connectivity index (χ0n) is 16.8. The Kier molecular flexibility index (Phi) is 8.22. The molecule has 8 nitrogen and oxygen atoms in total. The number of esters is 1. The van der Waals surface area contributed by atoms with Crippen LogP contribution in [0.3, 0.4) is 0 Å². The molecule has 0 saturated heterocycles. The first-order chi connectivity index (χ1) is 14.1. The smallest absolute Gasteiger partial charge is 0.344 e. The van der Waals surface area contributed by atoms with Gasteiger partial charge in [-0.15, -0.1) is 0 Å². The summed E-state index contributed by atoms with van der Waals surface area (Å²) in [7, 11) is -0.793. The first-order valence-electron chi connectivity index (χ1n) is 8.93. The lowest BCUT2D eigenvalue weighted by molar-refractivity contribution is -0.150. The Morgan fingerprint density at radius 2 is 1.80 bits per heavy atom. The minimum absolute atomic E-state index is 0.0276. The molecule has 0 radical (unpaired) electrons. The van der Waals surface area contributed by atoms with Gasteiger partial charge in [0.15, 0.2) is 13.2 Å². The molecular formula is C20H23ClN2O6S. The maximum absolute atomic E-state index is 12.4. The Morgan fingerprint density at radius 1 is 1.10 bits per heavy atom. The van der Waals surface area contributed by atoms with Crippen molar-refractivity contribution in [2.45, 2.75) is 18.4 Å². The lowest BCUT2D eigenvalue weighted by atomic mass is 10.2. The number of carbonyl (C=O) groups excluding carboxylic acids is 2. The van der Waals surface area contributed by atoms with E-state index in [-0.39, 0.29) is 18.0 Å². The molecule has 0 heterocycles. The van der Waals surface area contributed by atoms with Crippen molar-refractivity contribution in [1.82, 2.24) is 9.62 Å². The van der Waals surface area contributed by atoms with Gasteiger partial charge in [0.05, 0.1) is 4.90 Å². The molecule has 0 aromatic heterocycles. The molecule has 10 heteroatoms. The average Bonchev–Trinajstić information content (AvgIpc) is 2.71. The minimum Gasteiger partial charge on any atom is -0.482 e. The van der Waals surface area contributed by atoms with Crippen LogP contribution in [0.1, 0.15) is 11.1 Å².